The second-order valence-corrected chi connectivity index (χ2v) is 11.9. The Morgan fingerprint density at radius 1 is 0.696 bits per heavy atom. The summed E-state index contributed by atoms with van der Waals surface area (Å²) in [6, 6.07) is 0. The molecule has 0 aromatic heterocycles. The highest BCUT2D eigenvalue weighted by Crippen LogP contribution is 2.22. The van der Waals surface area contributed by atoms with E-state index in [1.165, 1.54) is 6.42 Å². The van der Waals surface area contributed by atoms with Crippen molar-refractivity contribution in [1.82, 2.24) is 0 Å². The number of ether oxygens (including phenoxy) is 4. The fourth-order valence-corrected chi connectivity index (χ4v) is 4.96. The van der Waals surface area contributed by atoms with Crippen LogP contribution in [0.15, 0.2) is 36.5 Å². The number of allylic oxidation sites excluding steroid dienone is 6. The van der Waals surface area contributed by atoms with Crippen molar-refractivity contribution in [3.63, 3.8) is 0 Å². The van der Waals surface area contributed by atoms with Gasteiger partial charge in [0, 0.05) is 12.8 Å². The quantitative estimate of drug-likeness (QED) is 0.0501. The van der Waals surface area contributed by atoms with E-state index in [2.05, 4.69) is 50.3 Å². The van der Waals surface area contributed by atoms with Gasteiger partial charge in [-0.25, -0.2) is 0 Å². The van der Waals surface area contributed by atoms with Gasteiger partial charge >= 0.3 is 11.9 Å². The van der Waals surface area contributed by atoms with E-state index in [0.29, 0.717) is 6.42 Å². The zero-order valence-corrected chi connectivity index (χ0v) is 28.3. The van der Waals surface area contributed by atoms with Crippen molar-refractivity contribution in [3.05, 3.63) is 36.5 Å². The Morgan fingerprint density at radius 3 is 1.93 bits per heavy atom. The number of unbranched alkanes of at least 4 members (excludes halogenated alkanes) is 10. The SMILES string of the molecule is CC/C=C/C/C=C/C/C=C/CCCCCCCC(=O)O[C@H](COC(=O)CCCCCCCC)CO[C@@H]1O[C@H](CO)[C@H](O)[C@H](O)[C@H]1O. The van der Waals surface area contributed by atoms with Crippen LogP contribution < -0.4 is 0 Å². The first-order valence-corrected chi connectivity index (χ1v) is 17.6. The van der Waals surface area contributed by atoms with E-state index in [0.717, 1.165) is 83.5 Å². The summed E-state index contributed by atoms with van der Waals surface area (Å²) in [5.41, 5.74) is 0. The number of aliphatic hydroxyl groups excluding tert-OH is 4. The predicted molar refractivity (Wildman–Crippen MR) is 178 cm³/mol. The van der Waals surface area contributed by atoms with E-state index < -0.39 is 55.4 Å². The fourth-order valence-electron chi connectivity index (χ4n) is 4.96. The Balaban J connectivity index is 2.42. The largest absolute Gasteiger partial charge is 0.462 e. The molecule has 0 saturated carbocycles. The van der Waals surface area contributed by atoms with E-state index in [-0.39, 0.29) is 26.1 Å². The number of carbonyl (C=O) groups excluding carboxylic acids is 2. The van der Waals surface area contributed by atoms with E-state index in [4.69, 9.17) is 18.9 Å². The molecule has 0 aliphatic carbocycles. The van der Waals surface area contributed by atoms with Crippen molar-refractivity contribution in [2.75, 3.05) is 19.8 Å². The third-order valence-electron chi connectivity index (χ3n) is 7.79. The molecule has 1 aliphatic rings. The van der Waals surface area contributed by atoms with Crippen molar-refractivity contribution in [3.8, 4) is 0 Å². The topological polar surface area (TPSA) is 152 Å². The van der Waals surface area contributed by atoms with Gasteiger partial charge in [-0.1, -0.05) is 102 Å². The molecule has 0 unspecified atom stereocenters. The standard InChI is InChI=1S/C36H62O10/c1-3-5-7-9-11-12-13-14-15-16-17-18-19-21-23-25-32(39)45-29(27-43-31(38)24-22-20-10-8-6-4-2)28-44-36-35(42)34(41)33(40)30(26-37)46-36/h5,7,11-12,14-15,29-30,33-37,40-42H,3-4,6,8-10,13,16-28H2,1-2H3/b7-5+,12-11+,15-14+/t29-,30-,33+,34+,35-,36-/m1/s1. The second kappa shape index (κ2) is 28.0. The summed E-state index contributed by atoms with van der Waals surface area (Å²) >= 11 is 0. The highest BCUT2D eigenvalue weighted by molar-refractivity contribution is 5.70. The minimum absolute atomic E-state index is 0.210. The van der Waals surface area contributed by atoms with Crippen LogP contribution in [0, 0.1) is 0 Å². The number of carbonyl (C=O) groups is 2. The fraction of sp³-hybridized carbons (Fsp3) is 0.778. The molecule has 10 heteroatoms. The third kappa shape index (κ3) is 20.2. The van der Waals surface area contributed by atoms with Crippen molar-refractivity contribution in [2.24, 2.45) is 0 Å². The summed E-state index contributed by atoms with van der Waals surface area (Å²) < 4.78 is 21.9. The van der Waals surface area contributed by atoms with Crippen molar-refractivity contribution in [2.45, 2.75) is 160 Å². The van der Waals surface area contributed by atoms with Gasteiger partial charge in [0.15, 0.2) is 12.4 Å². The zero-order valence-electron chi connectivity index (χ0n) is 28.3. The number of esters is 2. The average Bonchev–Trinajstić information content (AvgIpc) is 3.05. The molecule has 10 nitrogen and oxygen atoms in total. The Bertz CT molecular complexity index is 856. The first-order valence-electron chi connectivity index (χ1n) is 17.6. The Labute approximate surface area is 276 Å². The number of hydrogen-bond acceptors (Lipinski definition) is 10. The van der Waals surface area contributed by atoms with Crippen LogP contribution in [0.2, 0.25) is 0 Å². The van der Waals surface area contributed by atoms with Gasteiger partial charge in [-0.05, 0) is 44.9 Å². The summed E-state index contributed by atoms with van der Waals surface area (Å²) in [5.74, 6) is -0.842. The normalized spacial score (nSPS) is 22.6. The second-order valence-electron chi connectivity index (χ2n) is 11.9. The Kier molecular flexibility index (Phi) is 25.5. The van der Waals surface area contributed by atoms with Crippen LogP contribution in [-0.2, 0) is 28.5 Å². The van der Waals surface area contributed by atoms with Gasteiger partial charge in [0.05, 0.1) is 13.2 Å². The molecule has 0 amide bonds. The van der Waals surface area contributed by atoms with Crippen LogP contribution in [0.3, 0.4) is 0 Å². The summed E-state index contributed by atoms with van der Waals surface area (Å²) in [6.45, 7) is 3.18. The smallest absolute Gasteiger partial charge is 0.306 e. The van der Waals surface area contributed by atoms with Gasteiger partial charge in [0.1, 0.15) is 31.0 Å². The van der Waals surface area contributed by atoms with Crippen molar-refractivity contribution in [1.29, 1.82) is 0 Å². The maximum Gasteiger partial charge on any atom is 0.306 e. The van der Waals surface area contributed by atoms with Crippen molar-refractivity contribution >= 4 is 11.9 Å². The highest BCUT2D eigenvalue weighted by Gasteiger charge is 2.44. The van der Waals surface area contributed by atoms with E-state index in [9.17, 15) is 30.0 Å². The van der Waals surface area contributed by atoms with Gasteiger partial charge in [-0.15, -0.1) is 0 Å². The monoisotopic (exact) mass is 654 g/mol. The lowest BCUT2D eigenvalue weighted by molar-refractivity contribution is -0.305. The van der Waals surface area contributed by atoms with Crippen LogP contribution in [0.1, 0.15) is 123 Å². The van der Waals surface area contributed by atoms with Crippen molar-refractivity contribution < 1.29 is 49.0 Å². The molecular weight excluding hydrogens is 592 g/mol. The Hall–Kier alpha value is -2.08. The van der Waals surface area contributed by atoms with E-state index in [1.54, 1.807) is 0 Å². The lowest BCUT2D eigenvalue weighted by Gasteiger charge is -2.39. The van der Waals surface area contributed by atoms with Crippen LogP contribution in [0.5, 0.6) is 0 Å². The lowest BCUT2D eigenvalue weighted by atomic mass is 9.99. The summed E-state index contributed by atoms with van der Waals surface area (Å²) in [6.07, 6.45) is 20.5. The number of rotatable bonds is 27. The molecule has 0 aromatic rings. The molecule has 266 valence electrons. The van der Waals surface area contributed by atoms with Crippen LogP contribution in [0.25, 0.3) is 0 Å². The maximum atomic E-state index is 12.6. The number of hydrogen-bond donors (Lipinski definition) is 4. The summed E-state index contributed by atoms with van der Waals surface area (Å²) in [7, 11) is 0. The van der Waals surface area contributed by atoms with E-state index >= 15 is 0 Å². The van der Waals surface area contributed by atoms with Gasteiger partial charge in [-0.2, -0.15) is 0 Å². The first-order chi connectivity index (χ1) is 22.3. The van der Waals surface area contributed by atoms with Gasteiger partial charge < -0.3 is 39.4 Å². The Morgan fingerprint density at radius 2 is 1.28 bits per heavy atom. The number of aliphatic hydroxyl groups is 4. The summed E-state index contributed by atoms with van der Waals surface area (Å²) in [4.78, 5) is 24.9. The van der Waals surface area contributed by atoms with Gasteiger partial charge in [0.2, 0.25) is 0 Å². The van der Waals surface area contributed by atoms with Gasteiger partial charge in [0.25, 0.3) is 0 Å². The lowest BCUT2D eigenvalue weighted by Crippen LogP contribution is -2.59. The molecule has 1 rings (SSSR count). The third-order valence-corrected chi connectivity index (χ3v) is 7.79. The van der Waals surface area contributed by atoms with Crippen LogP contribution >= 0.6 is 0 Å². The molecule has 1 saturated heterocycles. The predicted octanol–water partition coefficient (Wildman–Crippen LogP) is 5.60. The molecule has 6 atom stereocenters. The molecule has 1 heterocycles. The maximum absolute atomic E-state index is 12.6. The zero-order chi connectivity index (χ0) is 33.8. The molecular formula is C36H62O10. The molecule has 46 heavy (non-hydrogen) atoms. The molecule has 0 aromatic carbocycles. The average molecular weight is 655 g/mol. The molecule has 1 aliphatic heterocycles. The highest BCUT2D eigenvalue weighted by atomic mass is 16.7. The first kappa shape index (κ1) is 41.9. The molecule has 0 bridgehead atoms. The molecule has 4 N–H and O–H groups in total. The minimum atomic E-state index is -1.59. The van der Waals surface area contributed by atoms with Crippen LogP contribution in [0.4, 0.5) is 0 Å². The molecule has 0 radical (unpaired) electrons. The molecule has 1 fully saturated rings. The van der Waals surface area contributed by atoms with Crippen LogP contribution in [-0.4, -0.2) is 89.0 Å². The summed E-state index contributed by atoms with van der Waals surface area (Å²) in [5, 5.41) is 39.7. The minimum Gasteiger partial charge on any atom is -0.462 e. The van der Waals surface area contributed by atoms with E-state index in [1.807, 2.05) is 0 Å². The molecule has 0 spiro atoms. The van der Waals surface area contributed by atoms with Gasteiger partial charge in [-0.3, -0.25) is 9.59 Å².